The molecular weight excluding hydrogens is 218 g/mol. The van der Waals surface area contributed by atoms with Crippen LogP contribution in [-0.4, -0.2) is 28.9 Å². The number of rotatable bonds is 4. The fourth-order valence-electron chi connectivity index (χ4n) is 2.02. The molecule has 1 saturated heterocycles. The summed E-state index contributed by atoms with van der Waals surface area (Å²) in [5.74, 6) is 0.961. The maximum Gasteiger partial charge on any atom is 0.228 e. The zero-order valence-electron chi connectivity index (χ0n) is 10.2. The fourth-order valence-corrected chi connectivity index (χ4v) is 2.02. The Morgan fingerprint density at radius 1 is 1.59 bits per heavy atom. The number of carbonyl (C=O) groups excluding carboxylic acids is 1. The van der Waals surface area contributed by atoms with Crippen LogP contribution in [0.4, 0.5) is 5.82 Å². The van der Waals surface area contributed by atoms with E-state index in [0.29, 0.717) is 13.2 Å². The van der Waals surface area contributed by atoms with Crippen molar-refractivity contribution in [2.45, 2.75) is 32.7 Å². The van der Waals surface area contributed by atoms with E-state index in [1.165, 1.54) is 0 Å². The van der Waals surface area contributed by atoms with Gasteiger partial charge in [-0.3, -0.25) is 4.79 Å². The minimum atomic E-state index is 0.0775. The first kappa shape index (κ1) is 12.1. The highest BCUT2D eigenvalue weighted by molar-refractivity contribution is 5.91. The molecule has 0 atom stereocenters. The Balaban J connectivity index is 1.94. The summed E-state index contributed by atoms with van der Waals surface area (Å²) in [6.07, 6.45) is 4.35. The van der Waals surface area contributed by atoms with Gasteiger partial charge in [-0.15, -0.1) is 0 Å². The van der Waals surface area contributed by atoms with Gasteiger partial charge >= 0.3 is 0 Å². The molecule has 0 aliphatic carbocycles. The van der Waals surface area contributed by atoms with E-state index in [4.69, 9.17) is 4.74 Å². The van der Waals surface area contributed by atoms with Crippen LogP contribution in [0.15, 0.2) is 12.3 Å². The van der Waals surface area contributed by atoms with Crippen LogP contribution >= 0.6 is 0 Å². The molecule has 0 saturated carbocycles. The van der Waals surface area contributed by atoms with Gasteiger partial charge in [-0.2, -0.15) is 5.10 Å². The first-order valence-corrected chi connectivity index (χ1v) is 6.21. The highest BCUT2D eigenvalue weighted by Gasteiger charge is 2.22. The molecular formula is C12H19N3O2. The Morgan fingerprint density at radius 2 is 2.35 bits per heavy atom. The third kappa shape index (κ3) is 3.06. The van der Waals surface area contributed by atoms with Gasteiger partial charge in [0.2, 0.25) is 5.91 Å². The smallest absolute Gasteiger partial charge is 0.228 e. The van der Waals surface area contributed by atoms with Gasteiger partial charge in [0.15, 0.2) is 0 Å². The maximum atomic E-state index is 12.0. The topological polar surface area (TPSA) is 56.2 Å². The number of aryl methyl sites for hydroxylation is 1. The van der Waals surface area contributed by atoms with Crippen molar-refractivity contribution in [1.29, 1.82) is 0 Å². The largest absolute Gasteiger partial charge is 0.381 e. The molecule has 0 aromatic carbocycles. The first-order valence-electron chi connectivity index (χ1n) is 6.21. The molecule has 1 aromatic heterocycles. The zero-order chi connectivity index (χ0) is 12.1. The molecule has 1 aliphatic heterocycles. The van der Waals surface area contributed by atoms with Crippen molar-refractivity contribution >= 4 is 11.7 Å². The van der Waals surface area contributed by atoms with Gasteiger partial charge in [0.1, 0.15) is 5.82 Å². The van der Waals surface area contributed by atoms with Crippen molar-refractivity contribution in [3.63, 3.8) is 0 Å². The molecule has 5 heteroatoms. The second-order valence-electron chi connectivity index (χ2n) is 4.32. The van der Waals surface area contributed by atoms with Gasteiger partial charge < -0.3 is 10.1 Å². The van der Waals surface area contributed by atoms with E-state index in [1.54, 1.807) is 6.20 Å². The molecule has 5 nitrogen and oxygen atoms in total. The molecule has 0 bridgehead atoms. The first-order chi connectivity index (χ1) is 8.31. The third-order valence-corrected chi connectivity index (χ3v) is 3.00. The number of ether oxygens (including phenoxy) is 1. The molecule has 0 unspecified atom stereocenters. The monoisotopic (exact) mass is 237 g/mol. The summed E-state index contributed by atoms with van der Waals surface area (Å²) in [5.41, 5.74) is 0. The SMILES string of the molecule is CCCn1nccc1NC(=O)C1CCOCC1. The van der Waals surface area contributed by atoms with Crippen molar-refractivity contribution < 1.29 is 9.53 Å². The molecule has 94 valence electrons. The lowest BCUT2D eigenvalue weighted by Gasteiger charge is -2.21. The van der Waals surface area contributed by atoms with Gasteiger partial charge in [0.05, 0.1) is 6.20 Å². The van der Waals surface area contributed by atoms with Crippen molar-refractivity contribution in [3.05, 3.63) is 12.3 Å². The number of carbonyl (C=O) groups is 1. The Kier molecular flexibility index (Phi) is 4.14. The molecule has 0 radical (unpaired) electrons. The van der Waals surface area contributed by atoms with Crippen molar-refractivity contribution in [2.75, 3.05) is 18.5 Å². The summed E-state index contributed by atoms with van der Waals surface area (Å²) in [6, 6.07) is 1.84. The Bertz CT molecular complexity index is 370. The number of amides is 1. The molecule has 1 aromatic rings. The summed E-state index contributed by atoms with van der Waals surface area (Å²) in [7, 11) is 0. The summed E-state index contributed by atoms with van der Waals surface area (Å²) >= 11 is 0. The second kappa shape index (κ2) is 5.82. The zero-order valence-corrected chi connectivity index (χ0v) is 10.2. The number of anilines is 1. The van der Waals surface area contributed by atoms with E-state index in [2.05, 4.69) is 17.3 Å². The van der Waals surface area contributed by atoms with Gasteiger partial charge in [0.25, 0.3) is 0 Å². The summed E-state index contributed by atoms with van der Waals surface area (Å²) in [5, 5.41) is 7.13. The number of hydrogen-bond donors (Lipinski definition) is 1. The maximum absolute atomic E-state index is 12.0. The van der Waals surface area contributed by atoms with Gasteiger partial charge in [0, 0.05) is 31.7 Å². The molecule has 1 aliphatic rings. The van der Waals surface area contributed by atoms with E-state index in [-0.39, 0.29) is 11.8 Å². The predicted molar refractivity (Wildman–Crippen MR) is 64.7 cm³/mol. The van der Waals surface area contributed by atoms with E-state index < -0.39 is 0 Å². The van der Waals surface area contributed by atoms with Crippen LogP contribution in [0.1, 0.15) is 26.2 Å². The summed E-state index contributed by atoms with van der Waals surface area (Å²) in [6.45, 7) is 4.29. The van der Waals surface area contributed by atoms with Gasteiger partial charge in [-0.05, 0) is 19.3 Å². The van der Waals surface area contributed by atoms with E-state index >= 15 is 0 Å². The van der Waals surface area contributed by atoms with Gasteiger partial charge in [-0.1, -0.05) is 6.92 Å². The number of nitrogens with one attached hydrogen (secondary N) is 1. The second-order valence-corrected chi connectivity index (χ2v) is 4.32. The molecule has 2 heterocycles. The Hall–Kier alpha value is -1.36. The molecule has 1 fully saturated rings. The van der Waals surface area contributed by atoms with Crippen LogP contribution in [-0.2, 0) is 16.1 Å². The molecule has 2 rings (SSSR count). The van der Waals surface area contributed by atoms with Crippen LogP contribution in [0, 0.1) is 5.92 Å². The lowest BCUT2D eigenvalue weighted by atomic mass is 9.99. The highest BCUT2D eigenvalue weighted by Crippen LogP contribution is 2.17. The van der Waals surface area contributed by atoms with Crippen LogP contribution in [0.3, 0.4) is 0 Å². The van der Waals surface area contributed by atoms with E-state index in [0.717, 1.165) is 31.6 Å². The predicted octanol–water partition coefficient (Wildman–Crippen LogP) is 1.66. The van der Waals surface area contributed by atoms with Crippen LogP contribution < -0.4 is 5.32 Å². The van der Waals surface area contributed by atoms with Crippen LogP contribution in [0.5, 0.6) is 0 Å². The van der Waals surface area contributed by atoms with Crippen LogP contribution in [0.25, 0.3) is 0 Å². The minimum Gasteiger partial charge on any atom is -0.381 e. The molecule has 1 amide bonds. The van der Waals surface area contributed by atoms with Crippen molar-refractivity contribution in [3.8, 4) is 0 Å². The molecule has 1 N–H and O–H groups in total. The number of aromatic nitrogens is 2. The molecule has 17 heavy (non-hydrogen) atoms. The standard InChI is InChI=1S/C12H19N3O2/c1-2-7-15-11(3-6-13-15)14-12(16)10-4-8-17-9-5-10/h3,6,10H,2,4-5,7-9H2,1H3,(H,14,16). The summed E-state index contributed by atoms with van der Waals surface area (Å²) in [4.78, 5) is 12.0. The Labute approximate surface area is 101 Å². The average molecular weight is 237 g/mol. The summed E-state index contributed by atoms with van der Waals surface area (Å²) < 4.78 is 7.08. The van der Waals surface area contributed by atoms with Gasteiger partial charge in [-0.25, -0.2) is 4.68 Å². The van der Waals surface area contributed by atoms with Crippen molar-refractivity contribution in [2.24, 2.45) is 5.92 Å². The number of nitrogens with zero attached hydrogens (tertiary/aromatic N) is 2. The minimum absolute atomic E-state index is 0.0775. The Morgan fingerprint density at radius 3 is 3.06 bits per heavy atom. The lowest BCUT2D eigenvalue weighted by molar-refractivity contribution is -0.122. The number of hydrogen-bond acceptors (Lipinski definition) is 3. The normalized spacial score (nSPS) is 17.0. The van der Waals surface area contributed by atoms with E-state index in [1.807, 2.05) is 10.7 Å². The highest BCUT2D eigenvalue weighted by atomic mass is 16.5. The third-order valence-electron chi connectivity index (χ3n) is 3.00. The quantitative estimate of drug-likeness (QED) is 0.866. The lowest BCUT2D eigenvalue weighted by Crippen LogP contribution is -2.29. The van der Waals surface area contributed by atoms with Crippen molar-refractivity contribution in [1.82, 2.24) is 9.78 Å². The van der Waals surface area contributed by atoms with E-state index in [9.17, 15) is 4.79 Å². The fraction of sp³-hybridized carbons (Fsp3) is 0.667. The average Bonchev–Trinajstić information content (AvgIpc) is 2.78. The molecule has 0 spiro atoms. The van der Waals surface area contributed by atoms with Crippen LogP contribution in [0.2, 0.25) is 0 Å².